The van der Waals surface area contributed by atoms with Gasteiger partial charge in [-0.2, -0.15) is 4.31 Å². The number of rotatable bonds is 6. The zero-order valence-corrected chi connectivity index (χ0v) is 16.4. The van der Waals surface area contributed by atoms with Crippen molar-refractivity contribution >= 4 is 21.6 Å². The molecule has 0 atom stereocenters. The summed E-state index contributed by atoms with van der Waals surface area (Å²) in [5, 5.41) is 2.93. The standard InChI is InChI=1S/C19H30N2O3S/c1-4-21(5-2)25(23,24)18-14-17(13-12-15(18)3)20-19(22)16-10-8-6-7-9-11-16/h12-14,16H,4-11H2,1-3H3,(H,20,22). The van der Waals surface area contributed by atoms with Gasteiger partial charge in [0, 0.05) is 24.7 Å². The molecule has 1 aromatic carbocycles. The highest BCUT2D eigenvalue weighted by Gasteiger charge is 2.25. The number of hydrogen-bond acceptors (Lipinski definition) is 3. The zero-order chi connectivity index (χ0) is 18.4. The first-order chi connectivity index (χ1) is 11.9. The van der Waals surface area contributed by atoms with Crippen LogP contribution in [0.4, 0.5) is 5.69 Å². The van der Waals surface area contributed by atoms with Crippen molar-refractivity contribution in [3.05, 3.63) is 23.8 Å². The van der Waals surface area contributed by atoms with E-state index in [2.05, 4.69) is 5.32 Å². The fourth-order valence-electron chi connectivity index (χ4n) is 3.44. The van der Waals surface area contributed by atoms with Gasteiger partial charge in [-0.25, -0.2) is 8.42 Å². The molecule has 0 aromatic heterocycles. The molecule has 6 heteroatoms. The van der Waals surface area contributed by atoms with Gasteiger partial charge in [0.2, 0.25) is 15.9 Å². The number of amides is 1. The number of carbonyl (C=O) groups excluding carboxylic acids is 1. The van der Waals surface area contributed by atoms with Gasteiger partial charge in [0.1, 0.15) is 0 Å². The summed E-state index contributed by atoms with van der Waals surface area (Å²) in [6.07, 6.45) is 6.41. The summed E-state index contributed by atoms with van der Waals surface area (Å²) in [7, 11) is -3.54. The van der Waals surface area contributed by atoms with Crippen LogP contribution in [0, 0.1) is 12.8 Å². The second-order valence-corrected chi connectivity index (χ2v) is 8.65. The minimum absolute atomic E-state index is 0.0111. The van der Waals surface area contributed by atoms with Crippen LogP contribution in [0.1, 0.15) is 57.9 Å². The number of hydrogen-bond donors (Lipinski definition) is 1. The molecular weight excluding hydrogens is 336 g/mol. The Kier molecular flexibility index (Phi) is 7.02. The van der Waals surface area contributed by atoms with Crippen molar-refractivity contribution in [2.75, 3.05) is 18.4 Å². The van der Waals surface area contributed by atoms with Crippen LogP contribution >= 0.6 is 0 Å². The maximum atomic E-state index is 12.8. The maximum Gasteiger partial charge on any atom is 0.243 e. The van der Waals surface area contributed by atoms with Crippen LogP contribution in [0.2, 0.25) is 0 Å². The zero-order valence-electron chi connectivity index (χ0n) is 15.5. The molecule has 5 nitrogen and oxygen atoms in total. The van der Waals surface area contributed by atoms with Crippen molar-refractivity contribution in [2.45, 2.75) is 64.2 Å². The van der Waals surface area contributed by atoms with Crippen LogP contribution in [0.3, 0.4) is 0 Å². The van der Waals surface area contributed by atoms with Gasteiger partial charge in [0.25, 0.3) is 0 Å². The van der Waals surface area contributed by atoms with E-state index in [4.69, 9.17) is 0 Å². The van der Waals surface area contributed by atoms with E-state index in [-0.39, 0.29) is 16.7 Å². The van der Waals surface area contributed by atoms with Crippen LogP contribution in [0.5, 0.6) is 0 Å². The topological polar surface area (TPSA) is 66.5 Å². The molecule has 0 spiro atoms. The Morgan fingerprint density at radius 1 is 1.12 bits per heavy atom. The first-order valence-corrected chi connectivity index (χ1v) is 10.8. The van der Waals surface area contributed by atoms with E-state index in [1.165, 1.54) is 17.1 Å². The van der Waals surface area contributed by atoms with Crippen LogP contribution in [-0.4, -0.2) is 31.7 Å². The Labute approximate surface area is 151 Å². The summed E-state index contributed by atoms with van der Waals surface area (Å²) in [6, 6.07) is 5.14. The normalized spacial score (nSPS) is 16.6. The van der Waals surface area contributed by atoms with E-state index < -0.39 is 10.0 Å². The van der Waals surface area contributed by atoms with Gasteiger partial charge in [0.05, 0.1) is 4.90 Å². The quantitative estimate of drug-likeness (QED) is 0.776. The molecular formula is C19H30N2O3S. The first kappa shape index (κ1) is 19.9. The van der Waals surface area contributed by atoms with Gasteiger partial charge in [-0.05, 0) is 37.5 Å². The summed E-state index contributed by atoms with van der Waals surface area (Å²) < 4.78 is 27.1. The van der Waals surface area contributed by atoms with Crippen LogP contribution in [0.15, 0.2) is 23.1 Å². The fraction of sp³-hybridized carbons (Fsp3) is 0.632. The first-order valence-electron chi connectivity index (χ1n) is 9.31. The van der Waals surface area contributed by atoms with Gasteiger partial charge in [-0.3, -0.25) is 4.79 Å². The molecule has 0 aliphatic heterocycles. The largest absolute Gasteiger partial charge is 0.326 e. The fourth-order valence-corrected chi connectivity index (χ4v) is 5.15. The Morgan fingerprint density at radius 2 is 1.72 bits per heavy atom. The lowest BCUT2D eigenvalue weighted by atomic mass is 9.99. The number of nitrogens with zero attached hydrogens (tertiary/aromatic N) is 1. The van der Waals surface area contributed by atoms with E-state index in [0.717, 1.165) is 25.7 Å². The smallest absolute Gasteiger partial charge is 0.243 e. The third-order valence-electron chi connectivity index (χ3n) is 5.00. The minimum Gasteiger partial charge on any atom is -0.326 e. The molecule has 1 N–H and O–H groups in total. The number of nitrogens with one attached hydrogen (secondary N) is 1. The Bertz CT molecular complexity index is 689. The van der Waals surface area contributed by atoms with Crippen LogP contribution < -0.4 is 5.32 Å². The van der Waals surface area contributed by atoms with E-state index in [1.807, 2.05) is 13.8 Å². The molecule has 1 aromatic rings. The lowest BCUT2D eigenvalue weighted by Crippen LogP contribution is -2.31. The van der Waals surface area contributed by atoms with Gasteiger partial charge < -0.3 is 5.32 Å². The summed E-state index contributed by atoms with van der Waals surface area (Å²) in [4.78, 5) is 12.8. The number of sulfonamides is 1. The molecule has 25 heavy (non-hydrogen) atoms. The highest BCUT2D eigenvalue weighted by atomic mass is 32.2. The highest BCUT2D eigenvalue weighted by molar-refractivity contribution is 7.89. The van der Waals surface area contributed by atoms with Gasteiger partial charge >= 0.3 is 0 Å². The second kappa shape index (κ2) is 8.81. The summed E-state index contributed by atoms with van der Waals surface area (Å²) in [5.41, 5.74) is 1.25. The molecule has 0 radical (unpaired) electrons. The maximum absolute atomic E-state index is 12.8. The molecule has 2 rings (SSSR count). The van der Waals surface area contributed by atoms with Gasteiger partial charge in [0.15, 0.2) is 0 Å². The number of carbonyl (C=O) groups is 1. The highest BCUT2D eigenvalue weighted by Crippen LogP contribution is 2.26. The van der Waals surface area contributed by atoms with Crippen molar-refractivity contribution in [1.82, 2.24) is 4.31 Å². The van der Waals surface area contributed by atoms with E-state index >= 15 is 0 Å². The Morgan fingerprint density at radius 3 is 2.28 bits per heavy atom. The number of aryl methyl sites for hydroxylation is 1. The van der Waals surface area contributed by atoms with E-state index in [1.54, 1.807) is 25.1 Å². The van der Waals surface area contributed by atoms with Crippen molar-refractivity contribution in [2.24, 2.45) is 5.92 Å². The molecule has 1 aliphatic rings. The van der Waals surface area contributed by atoms with Crippen molar-refractivity contribution < 1.29 is 13.2 Å². The van der Waals surface area contributed by atoms with Crippen molar-refractivity contribution in [3.63, 3.8) is 0 Å². The molecule has 0 bridgehead atoms. The van der Waals surface area contributed by atoms with Gasteiger partial charge in [-0.1, -0.05) is 45.6 Å². The van der Waals surface area contributed by atoms with Crippen molar-refractivity contribution in [3.8, 4) is 0 Å². The second-order valence-electron chi connectivity index (χ2n) is 6.75. The lowest BCUT2D eigenvalue weighted by molar-refractivity contribution is -0.120. The van der Waals surface area contributed by atoms with E-state index in [0.29, 0.717) is 24.3 Å². The molecule has 140 valence electrons. The Hall–Kier alpha value is -1.40. The molecule has 1 aliphatic carbocycles. The molecule has 0 saturated heterocycles. The number of anilines is 1. The lowest BCUT2D eigenvalue weighted by Gasteiger charge is -2.21. The molecule has 0 heterocycles. The third kappa shape index (κ3) is 4.82. The SMILES string of the molecule is CCN(CC)S(=O)(=O)c1cc(NC(=O)C2CCCCCC2)ccc1C. The van der Waals surface area contributed by atoms with Crippen molar-refractivity contribution in [1.29, 1.82) is 0 Å². The average molecular weight is 367 g/mol. The predicted octanol–water partition coefficient (Wildman–Crippen LogP) is 3.93. The van der Waals surface area contributed by atoms with E-state index in [9.17, 15) is 13.2 Å². The van der Waals surface area contributed by atoms with Gasteiger partial charge in [-0.15, -0.1) is 0 Å². The molecule has 1 amide bonds. The summed E-state index contributed by atoms with van der Waals surface area (Å²) >= 11 is 0. The summed E-state index contributed by atoms with van der Waals surface area (Å²) in [5.74, 6) is 0.0450. The molecule has 1 fully saturated rings. The minimum atomic E-state index is -3.54. The predicted molar refractivity (Wildman–Crippen MR) is 101 cm³/mol. The third-order valence-corrected chi connectivity index (χ3v) is 7.20. The average Bonchev–Trinajstić information content (AvgIpc) is 2.86. The monoisotopic (exact) mass is 366 g/mol. The van der Waals surface area contributed by atoms with Crippen LogP contribution in [0.25, 0.3) is 0 Å². The number of benzene rings is 1. The summed E-state index contributed by atoms with van der Waals surface area (Å²) in [6.45, 7) is 6.29. The molecule has 1 saturated carbocycles. The Balaban J connectivity index is 2.22. The molecule has 0 unspecified atom stereocenters. The van der Waals surface area contributed by atoms with Crippen LogP contribution in [-0.2, 0) is 14.8 Å².